The Morgan fingerprint density at radius 3 is 2.81 bits per heavy atom. The number of ether oxygens (including phenoxy) is 1. The molecule has 136 valence electrons. The van der Waals surface area contributed by atoms with Crippen molar-refractivity contribution >= 4 is 28.8 Å². The van der Waals surface area contributed by atoms with Crippen LogP contribution < -0.4 is 20.7 Å². The van der Waals surface area contributed by atoms with E-state index in [1.165, 1.54) is 10.8 Å². The van der Waals surface area contributed by atoms with E-state index in [1.54, 1.807) is 37.5 Å². The molecule has 27 heavy (non-hydrogen) atoms. The normalized spacial score (nSPS) is 10.1. The number of rotatable bonds is 4. The van der Waals surface area contributed by atoms with Crippen molar-refractivity contribution in [2.45, 2.75) is 0 Å². The number of hydrogen-bond donors (Lipinski definition) is 3. The number of anilines is 1. The van der Waals surface area contributed by atoms with Crippen molar-refractivity contribution in [3.05, 3.63) is 48.8 Å². The summed E-state index contributed by atoms with van der Waals surface area (Å²) in [6.07, 6.45) is 8.31. The van der Waals surface area contributed by atoms with E-state index in [4.69, 9.17) is 11.2 Å². The molecule has 8 heteroatoms. The zero-order valence-electron chi connectivity index (χ0n) is 14.5. The Morgan fingerprint density at radius 1 is 1.22 bits per heavy atom. The highest BCUT2D eigenvalue weighted by Crippen LogP contribution is 2.27. The molecule has 2 heterocycles. The van der Waals surface area contributed by atoms with Gasteiger partial charge in [-0.05, 0) is 30.3 Å². The number of terminal acetylenes is 1. The third-order valence-corrected chi connectivity index (χ3v) is 3.65. The molecule has 8 nitrogen and oxygen atoms in total. The molecule has 3 N–H and O–H groups in total. The average Bonchev–Trinajstić information content (AvgIpc) is 3.09. The number of aromatic nitrogens is 2. The molecule has 0 saturated heterocycles. The molecular weight excluding hydrogens is 346 g/mol. The topological polar surface area (TPSA) is 97.3 Å². The molecule has 0 unspecified atom stereocenters. The first-order valence-corrected chi connectivity index (χ1v) is 8.06. The van der Waals surface area contributed by atoms with Crippen LogP contribution in [0.25, 0.3) is 10.9 Å². The van der Waals surface area contributed by atoms with E-state index in [0.717, 1.165) is 10.9 Å². The lowest BCUT2D eigenvalue weighted by Gasteiger charge is -2.09. The first-order chi connectivity index (χ1) is 13.1. The van der Waals surface area contributed by atoms with Gasteiger partial charge in [0.2, 0.25) is 0 Å². The smallest absolute Gasteiger partial charge is 0.325 e. The third kappa shape index (κ3) is 4.16. The molecule has 0 fully saturated rings. The number of hydrogen-bond acceptors (Lipinski definition) is 4. The summed E-state index contributed by atoms with van der Waals surface area (Å²) in [5.74, 6) is 3.73. The number of pyridine rings is 1. The number of carbonyl (C=O) groups excluding carboxylic acids is 2. The molecule has 0 radical (unpaired) electrons. The molecule has 0 spiro atoms. The molecule has 3 amide bonds. The van der Waals surface area contributed by atoms with Gasteiger partial charge in [-0.15, -0.1) is 6.42 Å². The van der Waals surface area contributed by atoms with Crippen molar-refractivity contribution < 1.29 is 14.3 Å². The largest absolute Gasteiger partial charge is 0.457 e. The van der Waals surface area contributed by atoms with Gasteiger partial charge in [0, 0.05) is 30.9 Å². The van der Waals surface area contributed by atoms with Crippen LogP contribution in [0.15, 0.2) is 48.8 Å². The van der Waals surface area contributed by atoms with Crippen molar-refractivity contribution in [2.24, 2.45) is 0 Å². The predicted molar refractivity (Wildman–Crippen MR) is 102 cm³/mol. The second-order valence-corrected chi connectivity index (χ2v) is 5.45. The zero-order chi connectivity index (χ0) is 19.2. The minimum Gasteiger partial charge on any atom is -0.457 e. The van der Waals surface area contributed by atoms with Crippen LogP contribution in [-0.4, -0.2) is 35.2 Å². The lowest BCUT2D eigenvalue weighted by Crippen LogP contribution is -2.29. The van der Waals surface area contributed by atoms with Crippen molar-refractivity contribution in [3.63, 3.8) is 0 Å². The SMILES string of the molecule is C#CCNC(=O)Nc1cc(Oc2ccc3c(ccn3C(=O)NC)c2)ccn1. The summed E-state index contributed by atoms with van der Waals surface area (Å²) in [5.41, 5.74) is 0.768. The van der Waals surface area contributed by atoms with Gasteiger partial charge in [0.05, 0.1) is 12.1 Å². The average molecular weight is 363 g/mol. The van der Waals surface area contributed by atoms with Gasteiger partial charge in [-0.25, -0.2) is 14.6 Å². The molecule has 1 aromatic carbocycles. The molecule has 0 saturated carbocycles. The molecule has 0 atom stereocenters. The Hall–Kier alpha value is -3.99. The van der Waals surface area contributed by atoms with E-state index in [2.05, 4.69) is 26.9 Å². The van der Waals surface area contributed by atoms with Gasteiger partial charge in [0.15, 0.2) is 0 Å². The standard InChI is InChI=1S/C19H17N5O3/c1-3-8-22-18(25)23-17-12-15(6-9-21-17)27-14-4-5-16-13(11-14)7-10-24(16)19(26)20-2/h1,4-7,9-12H,8H2,2H3,(H,20,26)(H2,21,22,23,25). The van der Waals surface area contributed by atoms with Crippen LogP contribution in [0.4, 0.5) is 15.4 Å². The van der Waals surface area contributed by atoms with Gasteiger partial charge in [-0.3, -0.25) is 9.88 Å². The maximum atomic E-state index is 11.8. The summed E-state index contributed by atoms with van der Waals surface area (Å²) >= 11 is 0. The summed E-state index contributed by atoms with van der Waals surface area (Å²) in [5, 5.41) is 8.50. The van der Waals surface area contributed by atoms with Crippen LogP contribution in [-0.2, 0) is 0 Å². The third-order valence-electron chi connectivity index (χ3n) is 3.65. The number of amides is 3. The summed E-state index contributed by atoms with van der Waals surface area (Å²) in [4.78, 5) is 27.5. The van der Waals surface area contributed by atoms with Gasteiger partial charge >= 0.3 is 12.1 Å². The van der Waals surface area contributed by atoms with E-state index in [0.29, 0.717) is 17.3 Å². The summed E-state index contributed by atoms with van der Waals surface area (Å²) in [6, 6.07) is 9.80. The van der Waals surface area contributed by atoms with Gasteiger partial charge in [-0.2, -0.15) is 0 Å². The number of urea groups is 1. The minimum atomic E-state index is -0.449. The maximum absolute atomic E-state index is 11.8. The van der Waals surface area contributed by atoms with E-state index in [1.807, 2.05) is 12.1 Å². The number of nitrogens with zero attached hydrogens (tertiary/aromatic N) is 2. The number of carbonyl (C=O) groups is 2. The summed E-state index contributed by atoms with van der Waals surface area (Å²) < 4.78 is 7.35. The highest BCUT2D eigenvalue weighted by molar-refractivity contribution is 5.92. The minimum absolute atomic E-state index is 0.123. The van der Waals surface area contributed by atoms with E-state index in [-0.39, 0.29) is 12.6 Å². The van der Waals surface area contributed by atoms with Crippen LogP contribution >= 0.6 is 0 Å². The predicted octanol–water partition coefficient (Wildman–Crippen LogP) is 2.77. The van der Waals surface area contributed by atoms with Crippen molar-refractivity contribution in [1.29, 1.82) is 0 Å². The molecule has 3 aromatic rings. The van der Waals surface area contributed by atoms with Crippen LogP contribution in [0.1, 0.15) is 0 Å². The number of nitrogens with one attached hydrogen (secondary N) is 3. The molecule has 0 bridgehead atoms. The van der Waals surface area contributed by atoms with Gasteiger partial charge < -0.3 is 15.4 Å². The van der Waals surface area contributed by atoms with Crippen LogP contribution in [0.2, 0.25) is 0 Å². The fraction of sp³-hybridized carbons (Fsp3) is 0.105. The van der Waals surface area contributed by atoms with Crippen LogP contribution in [0.3, 0.4) is 0 Å². The lowest BCUT2D eigenvalue weighted by atomic mass is 10.2. The van der Waals surface area contributed by atoms with E-state index < -0.39 is 6.03 Å². The van der Waals surface area contributed by atoms with E-state index >= 15 is 0 Å². The fourth-order valence-corrected chi connectivity index (χ4v) is 2.45. The second kappa shape index (κ2) is 7.93. The van der Waals surface area contributed by atoms with Crippen LogP contribution in [0, 0.1) is 12.3 Å². The molecular formula is C19H17N5O3. The molecule has 0 aliphatic carbocycles. The zero-order valence-corrected chi connectivity index (χ0v) is 14.5. The summed E-state index contributed by atoms with van der Waals surface area (Å²) in [7, 11) is 1.58. The Morgan fingerprint density at radius 2 is 2.04 bits per heavy atom. The fourth-order valence-electron chi connectivity index (χ4n) is 2.45. The molecule has 0 aliphatic heterocycles. The number of benzene rings is 1. The Kier molecular flexibility index (Phi) is 5.23. The monoisotopic (exact) mass is 363 g/mol. The highest BCUT2D eigenvalue weighted by atomic mass is 16.5. The maximum Gasteiger partial charge on any atom is 0.325 e. The summed E-state index contributed by atoms with van der Waals surface area (Å²) in [6.45, 7) is 0.123. The Bertz CT molecular complexity index is 1040. The van der Waals surface area contributed by atoms with Gasteiger partial charge in [0.25, 0.3) is 0 Å². The van der Waals surface area contributed by atoms with Gasteiger partial charge in [-0.1, -0.05) is 5.92 Å². The Labute approximate surface area is 155 Å². The van der Waals surface area contributed by atoms with Gasteiger partial charge in [0.1, 0.15) is 17.3 Å². The molecule has 2 aromatic heterocycles. The highest BCUT2D eigenvalue weighted by Gasteiger charge is 2.09. The Balaban J connectivity index is 1.75. The quantitative estimate of drug-likeness (QED) is 0.621. The number of fused-ring (bicyclic) bond motifs is 1. The molecule has 3 rings (SSSR count). The van der Waals surface area contributed by atoms with E-state index in [9.17, 15) is 9.59 Å². The first-order valence-electron chi connectivity index (χ1n) is 8.06. The van der Waals surface area contributed by atoms with Crippen molar-refractivity contribution in [3.8, 4) is 23.8 Å². The molecule has 0 aliphatic rings. The lowest BCUT2D eigenvalue weighted by molar-refractivity contribution is 0.245. The van der Waals surface area contributed by atoms with Crippen molar-refractivity contribution in [1.82, 2.24) is 20.2 Å². The second-order valence-electron chi connectivity index (χ2n) is 5.45. The first kappa shape index (κ1) is 17.8. The van der Waals surface area contributed by atoms with Crippen LogP contribution in [0.5, 0.6) is 11.5 Å². The van der Waals surface area contributed by atoms with Crippen molar-refractivity contribution in [2.75, 3.05) is 18.9 Å².